The zero-order valence-corrected chi connectivity index (χ0v) is 16.9. The second kappa shape index (κ2) is 9.26. The van der Waals surface area contributed by atoms with Crippen LogP contribution in [0.5, 0.6) is 5.75 Å². The van der Waals surface area contributed by atoms with Crippen LogP contribution in [0, 0.1) is 36.3 Å². The maximum atomic E-state index is 11.3. The normalized spacial score (nSPS) is 11.6. The Labute approximate surface area is 173 Å². The van der Waals surface area contributed by atoms with Gasteiger partial charge in [-0.2, -0.15) is 0 Å². The summed E-state index contributed by atoms with van der Waals surface area (Å²) in [6.45, 7) is 3.80. The molecule has 3 aromatic rings. The fourth-order valence-electron chi connectivity index (χ4n) is 2.86. The first kappa shape index (κ1) is 20.4. The monoisotopic (exact) mass is 408 g/mol. The van der Waals surface area contributed by atoms with Gasteiger partial charge in [0.25, 0.3) is 0 Å². The highest BCUT2D eigenvalue weighted by atomic mass is 32.2. The van der Waals surface area contributed by atoms with E-state index in [1.54, 1.807) is 12.1 Å². The van der Waals surface area contributed by atoms with Crippen molar-refractivity contribution in [3.8, 4) is 23.8 Å². The van der Waals surface area contributed by atoms with Crippen LogP contribution in [0.25, 0.3) is 5.69 Å². The first-order chi connectivity index (χ1) is 14.0. The second-order valence-electron chi connectivity index (χ2n) is 6.39. The molecule has 29 heavy (non-hydrogen) atoms. The topological polar surface area (TPSA) is 83.1 Å². The van der Waals surface area contributed by atoms with E-state index < -0.39 is 5.25 Å². The third-order valence-corrected chi connectivity index (χ3v) is 5.37. The summed E-state index contributed by atoms with van der Waals surface area (Å²) in [6.07, 6.45) is 5.20. The highest BCUT2D eigenvalue weighted by Crippen LogP contribution is 2.36. The highest BCUT2D eigenvalue weighted by Gasteiger charge is 2.23. The summed E-state index contributed by atoms with van der Waals surface area (Å²) in [5.74, 6) is 3.75. The summed E-state index contributed by atoms with van der Waals surface area (Å²) in [4.78, 5) is 11.0. The van der Waals surface area contributed by atoms with E-state index in [4.69, 9.17) is 11.2 Å². The molecule has 0 radical (unpaired) electrons. The van der Waals surface area contributed by atoms with E-state index in [2.05, 4.69) is 16.1 Å². The van der Waals surface area contributed by atoms with Crippen molar-refractivity contribution in [3.63, 3.8) is 0 Å². The minimum atomic E-state index is -0.432. The Bertz CT molecular complexity index is 1040. The quantitative estimate of drug-likeness (QED) is 0.242. The van der Waals surface area contributed by atoms with Crippen molar-refractivity contribution in [1.82, 2.24) is 14.8 Å². The molecule has 2 aromatic carbocycles. The molecule has 1 aromatic heterocycles. The first-order valence-corrected chi connectivity index (χ1v) is 9.79. The summed E-state index contributed by atoms with van der Waals surface area (Å²) < 4.78 is 7.29. The van der Waals surface area contributed by atoms with Crippen molar-refractivity contribution >= 4 is 11.8 Å². The number of nitrogens with zero attached hydrogens (tertiary/aromatic N) is 4. The Hall–Kier alpha value is -3.31. The Morgan fingerprint density at radius 3 is 2.66 bits per heavy atom. The van der Waals surface area contributed by atoms with Crippen molar-refractivity contribution < 1.29 is 9.66 Å². The first-order valence-electron chi connectivity index (χ1n) is 8.91. The molecule has 0 bridgehead atoms. The molecule has 148 valence electrons. The van der Waals surface area contributed by atoms with E-state index in [1.807, 2.05) is 54.8 Å². The summed E-state index contributed by atoms with van der Waals surface area (Å²) in [5, 5.41) is 19.9. The van der Waals surface area contributed by atoms with Crippen LogP contribution in [0.1, 0.15) is 22.2 Å². The molecule has 0 aliphatic carbocycles. The molecule has 7 nitrogen and oxygen atoms in total. The van der Waals surface area contributed by atoms with Crippen LogP contribution < -0.4 is 4.74 Å². The largest absolute Gasteiger partial charge is 0.481 e. The standard InChI is InChI=1S/C21H20N4O3S/c1-4-12-28-19-10-8-17(9-11-19)20(14-24(26)27)29-21-23-22-16(3)25(21)18-7-5-6-15(2)13-18/h1,5-11,13,20H,12,14H2,2-3H3/t20-/m0/s1. The Morgan fingerprint density at radius 1 is 1.24 bits per heavy atom. The second-order valence-corrected chi connectivity index (χ2v) is 7.56. The van der Waals surface area contributed by atoms with Crippen LogP contribution in [0.2, 0.25) is 0 Å². The smallest absolute Gasteiger partial charge is 0.220 e. The van der Waals surface area contributed by atoms with Gasteiger partial charge in [-0.15, -0.1) is 16.6 Å². The molecule has 0 aliphatic rings. The zero-order chi connectivity index (χ0) is 20.8. The van der Waals surface area contributed by atoms with Crippen molar-refractivity contribution in [2.45, 2.75) is 24.3 Å². The molecule has 0 N–H and O–H groups in total. The molecule has 0 fully saturated rings. The van der Waals surface area contributed by atoms with Crippen LogP contribution >= 0.6 is 11.8 Å². The van der Waals surface area contributed by atoms with Crippen molar-refractivity contribution in [3.05, 3.63) is 75.6 Å². The molecule has 3 rings (SSSR count). The Balaban J connectivity index is 1.90. The van der Waals surface area contributed by atoms with E-state index in [0.29, 0.717) is 10.9 Å². The minimum absolute atomic E-state index is 0.172. The molecular weight excluding hydrogens is 388 g/mol. The molecule has 0 spiro atoms. The van der Waals surface area contributed by atoms with Crippen molar-refractivity contribution in [2.75, 3.05) is 13.2 Å². The lowest BCUT2D eigenvalue weighted by Gasteiger charge is -2.15. The van der Waals surface area contributed by atoms with Crippen LogP contribution in [0.15, 0.2) is 53.7 Å². The lowest BCUT2D eigenvalue weighted by Crippen LogP contribution is -2.11. The zero-order valence-electron chi connectivity index (χ0n) is 16.1. The number of benzene rings is 2. The number of terminal acetylenes is 1. The van der Waals surface area contributed by atoms with Gasteiger partial charge < -0.3 is 4.74 Å². The molecule has 0 saturated heterocycles. The summed E-state index contributed by atoms with van der Waals surface area (Å²) >= 11 is 1.32. The molecule has 8 heteroatoms. The fraction of sp³-hybridized carbons (Fsp3) is 0.238. The van der Waals surface area contributed by atoms with E-state index in [-0.39, 0.29) is 18.1 Å². The summed E-state index contributed by atoms with van der Waals surface area (Å²) in [6, 6.07) is 15.1. The highest BCUT2D eigenvalue weighted by molar-refractivity contribution is 7.99. The van der Waals surface area contributed by atoms with Gasteiger partial charge in [0.05, 0.1) is 0 Å². The molecular formula is C21H20N4O3S. The lowest BCUT2D eigenvalue weighted by atomic mass is 10.1. The molecule has 1 atom stereocenters. The van der Waals surface area contributed by atoms with E-state index in [9.17, 15) is 10.1 Å². The number of aromatic nitrogens is 3. The molecule has 0 saturated carbocycles. The average molecular weight is 408 g/mol. The molecule has 0 unspecified atom stereocenters. The van der Waals surface area contributed by atoms with Crippen LogP contribution in [-0.2, 0) is 0 Å². The number of hydrogen-bond acceptors (Lipinski definition) is 6. The van der Waals surface area contributed by atoms with Gasteiger partial charge in [0.1, 0.15) is 23.4 Å². The van der Waals surface area contributed by atoms with Gasteiger partial charge in [0, 0.05) is 10.6 Å². The van der Waals surface area contributed by atoms with Crippen molar-refractivity contribution in [1.29, 1.82) is 0 Å². The third-order valence-electron chi connectivity index (χ3n) is 4.19. The third kappa shape index (κ3) is 5.15. The number of hydrogen-bond donors (Lipinski definition) is 0. The molecule has 1 heterocycles. The van der Waals surface area contributed by atoms with Crippen LogP contribution in [0.4, 0.5) is 0 Å². The number of aryl methyl sites for hydroxylation is 2. The molecule has 0 aliphatic heterocycles. The van der Waals surface area contributed by atoms with Gasteiger partial charge in [-0.05, 0) is 49.2 Å². The van der Waals surface area contributed by atoms with Gasteiger partial charge in [0.2, 0.25) is 6.54 Å². The predicted octanol–water partition coefficient (Wildman–Crippen LogP) is 4.01. The van der Waals surface area contributed by atoms with Gasteiger partial charge in [-0.25, -0.2) is 0 Å². The molecule has 0 amide bonds. The van der Waals surface area contributed by atoms with E-state index >= 15 is 0 Å². The maximum Gasteiger partial charge on any atom is 0.220 e. The number of nitro groups is 1. The predicted molar refractivity (Wildman–Crippen MR) is 112 cm³/mol. The Kier molecular flexibility index (Phi) is 6.52. The van der Waals surface area contributed by atoms with Gasteiger partial charge in [-0.1, -0.05) is 41.9 Å². The lowest BCUT2D eigenvalue weighted by molar-refractivity contribution is -0.479. The average Bonchev–Trinajstić information content (AvgIpc) is 3.06. The summed E-state index contributed by atoms with van der Waals surface area (Å²) in [5.41, 5.74) is 2.83. The fourth-order valence-corrected chi connectivity index (χ4v) is 4.04. The summed E-state index contributed by atoms with van der Waals surface area (Å²) in [7, 11) is 0. The van der Waals surface area contributed by atoms with Crippen LogP contribution in [-0.4, -0.2) is 32.8 Å². The maximum absolute atomic E-state index is 11.3. The number of rotatable bonds is 8. The van der Waals surface area contributed by atoms with E-state index in [1.165, 1.54) is 11.8 Å². The van der Waals surface area contributed by atoms with Gasteiger partial charge in [0.15, 0.2) is 5.16 Å². The minimum Gasteiger partial charge on any atom is -0.481 e. The number of thioether (sulfide) groups is 1. The van der Waals surface area contributed by atoms with Gasteiger partial charge in [-0.3, -0.25) is 14.7 Å². The Morgan fingerprint density at radius 2 is 2.00 bits per heavy atom. The van der Waals surface area contributed by atoms with Crippen LogP contribution in [0.3, 0.4) is 0 Å². The van der Waals surface area contributed by atoms with Gasteiger partial charge >= 0.3 is 0 Å². The van der Waals surface area contributed by atoms with E-state index in [0.717, 1.165) is 22.6 Å². The SMILES string of the molecule is C#CCOc1ccc([C@H](C[N+](=O)[O-])Sc2nnc(C)n2-c2cccc(C)c2)cc1. The number of ether oxygens (including phenoxy) is 1. The van der Waals surface area contributed by atoms with Crippen molar-refractivity contribution in [2.24, 2.45) is 0 Å².